The molecule has 0 spiro atoms. The van der Waals surface area contributed by atoms with Crippen molar-refractivity contribution in [2.45, 2.75) is 38.2 Å². The van der Waals surface area contributed by atoms with Gasteiger partial charge in [-0.05, 0) is 65.6 Å². The summed E-state index contributed by atoms with van der Waals surface area (Å²) >= 11 is 3.51. The zero-order chi connectivity index (χ0) is 27.5. The molecule has 8 nitrogen and oxygen atoms in total. The van der Waals surface area contributed by atoms with Gasteiger partial charge in [-0.3, -0.25) is 4.79 Å². The van der Waals surface area contributed by atoms with Crippen molar-refractivity contribution in [2.24, 2.45) is 0 Å². The van der Waals surface area contributed by atoms with Gasteiger partial charge in [-0.25, -0.2) is 9.88 Å². The Morgan fingerprint density at radius 3 is 2.56 bits per heavy atom. The molecule has 0 aliphatic carbocycles. The first kappa shape index (κ1) is 27.2. The fourth-order valence-corrected chi connectivity index (χ4v) is 5.76. The number of aromatic nitrogens is 3. The minimum absolute atomic E-state index is 0.0975. The summed E-state index contributed by atoms with van der Waals surface area (Å²) in [6.07, 6.45) is 1.37. The molecule has 2 heterocycles. The van der Waals surface area contributed by atoms with Crippen LogP contribution in [0.4, 0.5) is 5.69 Å². The molecule has 1 amide bonds. The molecule has 3 aromatic carbocycles. The summed E-state index contributed by atoms with van der Waals surface area (Å²) in [6.45, 7) is 4.55. The molecule has 0 bridgehead atoms. The third kappa shape index (κ3) is 5.27. The molecule has 1 atom stereocenters. The van der Waals surface area contributed by atoms with E-state index in [0.717, 1.165) is 14.7 Å². The van der Waals surface area contributed by atoms with Gasteiger partial charge in [0, 0.05) is 11.5 Å². The number of hydrogen-bond acceptors (Lipinski definition) is 7. The van der Waals surface area contributed by atoms with Crippen molar-refractivity contribution >= 4 is 45.9 Å². The molecule has 1 aliphatic rings. The lowest BCUT2D eigenvalue weighted by Crippen LogP contribution is -2.59. The topological polar surface area (TPSA) is 91.5 Å². The largest absolute Gasteiger partial charge is 0.854 e. The Hall–Kier alpha value is -3.38. The van der Waals surface area contributed by atoms with Gasteiger partial charge >= 0.3 is 0 Å². The number of carbonyl (C=O) groups excluding carboxylic acids is 1. The normalized spacial score (nSPS) is 13.9. The molecule has 0 saturated carbocycles. The summed E-state index contributed by atoms with van der Waals surface area (Å²) in [6, 6.07) is 21.1. The molecule has 0 saturated heterocycles. The van der Waals surface area contributed by atoms with Crippen LogP contribution in [0.3, 0.4) is 0 Å². The summed E-state index contributed by atoms with van der Waals surface area (Å²) in [5, 5.41) is 18.4. The zero-order valence-electron chi connectivity index (χ0n) is 21.8. The molecular formula is C29H27IN4O4S. The molecule has 0 N–H and O–H groups in total. The van der Waals surface area contributed by atoms with Crippen molar-refractivity contribution in [3.8, 4) is 28.6 Å². The summed E-state index contributed by atoms with van der Waals surface area (Å²) < 4.78 is 14.7. The number of halogens is 1. The highest BCUT2D eigenvalue weighted by molar-refractivity contribution is 14.1. The van der Waals surface area contributed by atoms with Gasteiger partial charge in [-0.15, -0.1) is 0 Å². The number of hydrogen-bond donors (Lipinski definition) is 0. The molecule has 200 valence electrons. The highest BCUT2D eigenvalue weighted by atomic mass is 127. The third-order valence-electron chi connectivity index (χ3n) is 6.33. The van der Waals surface area contributed by atoms with E-state index in [0.29, 0.717) is 46.8 Å². The Labute approximate surface area is 245 Å². The number of anilines is 1. The predicted octanol–water partition coefficient (Wildman–Crippen LogP) is 5.11. The number of thioether (sulfide) groups is 1. The quantitative estimate of drug-likeness (QED) is 0.148. The minimum Gasteiger partial charge on any atom is -0.854 e. The fraction of sp³-hybridized carbons (Fsp3) is 0.241. The second-order valence-corrected chi connectivity index (χ2v) is 10.7. The van der Waals surface area contributed by atoms with Crippen molar-refractivity contribution in [3.63, 3.8) is 0 Å². The standard InChI is InChI=1S/C29H27IN4O4S/c1-4-24(35)33-22-14-10-9-13-20(22)25-27(36)31-29(39-3)32-34(25)28(33)19-15-21(30)26(23(16-19)37-5-2)38-17-18-11-7-6-8-12-18/h6-16,28H,4-5,17H2,1-3H3. The van der Waals surface area contributed by atoms with Crippen LogP contribution in [0.1, 0.15) is 37.6 Å². The van der Waals surface area contributed by atoms with Gasteiger partial charge in [-0.1, -0.05) is 65.8 Å². The Kier molecular flexibility index (Phi) is 8.22. The highest BCUT2D eigenvalue weighted by Gasteiger charge is 2.45. The first-order chi connectivity index (χ1) is 19.0. The Bertz CT molecular complexity index is 1520. The summed E-state index contributed by atoms with van der Waals surface area (Å²) in [4.78, 5) is 19.4. The third-order valence-corrected chi connectivity index (χ3v) is 7.67. The monoisotopic (exact) mass is 654 g/mol. The SMILES string of the molecule is CCOc1cc(C2N(C(=O)CC)c3ccccc3-c3c([O-])nc(SC)n[n+]32)cc(I)c1OCc1ccccc1. The van der Waals surface area contributed by atoms with E-state index >= 15 is 0 Å². The second kappa shape index (κ2) is 11.8. The molecule has 10 heteroatoms. The van der Waals surface area contributed by atoms with Gasteiger partial charge in [-0.2, -0.15) is 0 Å². The number of rotatable bonds is 8. The van der Waals surface area contributed by atoms with Gasteiger partial charge in [0.2, 0.25) is 5.91 Å². The first-order valence-corrected chi connectivity index (χ1v) is 14.9. The number of para-hydroxylation sites is 1. The maximum absolute atomic E-state index is 13.5. The van der Waals surface area contributed by atoms with E-state index in [1.807, 2.05) is 86.8 Å². The van der Waals surface area contributed by atoms with Gasteiger partial charge in [0.25, 0.3) is 17.0 Å². The van der Waals surface area contributed by atoms with Crippen LogP contribution < -0.4 is 24.2 Å². The van der Waals surface area contributed by atoms with Crippen molar-refractivity contribution in [2.75, 3.05) is 17.8 Å². The summed E-state index contributed by atoms with van der Waals surface area (Å²) in [5.41, 5.74) is 3.38. The maximum atomic E-state index is 13.5. The molecular weight excluding hydrogens is 627 g/mol. The molecule has 1 unspecified atom stereocenters. The van der Waals surface area contributed by atoms with E-state index in [2.05, 4.69) is 27.6 Å². The molecule has 39 heavy (non-hydrogen) atoms. The Balaban J connectivity index is 1.69. The van der Waals surface area contributed by atoms with Crippen LogP contribution in [-0.4, -0.2) is 28.9 Å². The van der Waals surface area contributed by atoms with Crippen LogP contribution in [0.2, 0.25) is 0 Å². The average molecular weight is 655 g/mol. The predicted molar refractivity (Wildman–Crippen MR) is 156 cm³/mol. The van der Waals surface area contributed by atoms with E-state index in [9.17, 15) is 9.90 Å². The summed E-state index contributed by atoms with van der Waals surface area (Å²) in [7, 11) is 0. The number of ether oxygens (including phenoxy) is 2. The number of carbonyl (C=O) groups is 1. The maximum Gasteiger partial charge on any atom is 0.293 e. The van der Waals surface area contributed by atoms with Crippen molar-refractivity contribution < 1.29 is 24.1 Å². The van der Waals surface area contributed by atoms with E-state index in [1.165, 1.54) is 11.8 Å². The smallest absolute Gasteiger partial charge is 0.293 e. The van der Waals surface area contributed by atoms with Crippen LogP contribution in [0.25, 0.3) is 11.3 Å². The molecule has 0 fully saturated rings. The van der Waals surface area contributed by atoms with Gasteiger partial charge < -0.3 is 14.6 Å². The Morgan fingerprint density at radius 1 is 1.10 bits per heavy atom. The number of amides is 1. The second-order valence-electron chi connectivity index (χ2n) is 8.74. The molecule has 0 radical (unpaired) electrons. The van der Waals surface area contributed by atoms with Crippen LogP contribution in [0.15, 0.2) is 71.9 Å². The fourth-order valence-electron chi connectivity index (χ4n) is 4.63. The van der Waals surface area contributed by atoms with E-state index in [-0.39, 0.29) is 12.3 Å². The first-order valence-electron chi connectivity index (χ1n) is 12.6. The van der Waals surface area contributed by atoms with Crippen molar-refractivity contribution in [3.05, 3.63) is 81.4 Å². The van der Waals surface area contributed by atoms with Crippen LogP contribution in [-0.2, 0) is 11.4 Å². The average Bonchev–Trinajstić information content (AvgIpc) is 2.95. The number of fused-ring (bicyclic) bond motifs is 3. The molecule has 5 rings (SSSR count). The number of nitrogens with zero attached hydrogens (tertiary/aromatic N) is 4. The Morgan fingerprint density at radius 2 is 1.85 bits per heavy atom. The lowest BCUT2D eigenvalue weighted by molar-refractivity contribution is -0.764. The van der Waals surface area contributed by atoms with Gasteiger partial charge in [0.15, 0.2) is 11.5 Å². The van der Waals surface area contributed by atoms with Gasteiger partial charge in [0.05, 0.1) is 32.9 Å². The van der Waals surface area contributed by atoms with Crippen molar-refractivity contribution in [1.82, 2.24) is 10.1 Å². The van der Waals surface area contributed by atoms with Crippen LogP contribution >= 0.6 is 34.4 Å². The lowest BCUT2D eigenvalue weighted by Gasteiger charge is -2.33. The molecule has 1 aliphatic heterocycles. The zero-order valence-corrected chi connectivity index (χ0v) is 24.7. The van der Waals surface area contributed by atoms with Gasteiger partial charge in [0.1, 0.15) is 6.61 Å². The lowest BCUT2D eigenvalue weighted by atomic mass is 10.0. The minimum atomic E-state index is -0.722. The van der Waals surface area contributed by atoms with Crippen molar-refractivity contribution in [1.29, 1.82) is 0 Å². The van der Waals surface area contributed by atoms with E-state index in [1.54, 1.807) is 9.58 Å². The molecule has 1 aromatic heterocycles. The van der Waals surface area contributed by atoms with E-state index in [4.69, 9.17) is 14.6 Å². The van der Waals surface area contributed by atoms with E-state index < -0.39 is 12.0 Å². The highest BCUT2D eigenvalue weighted by Crippen LogP contribution is 2.43. The summed E-state index contributed by atoms with van der Waals surface area (Å²) in [5.74, 6) is 0.691. The van der Waals surface area contributed by atoms with Crippen LogP contribution in [0.5, 0.6) is 17.4 Å². The van der Waals surface area contributed by atoms with Crippen LogP contribution in [0, 0.1) is 3.57 Å². The number of benzene rings is 3. The molecule has 4 aromatic rings.